The third kappa shape index (κ3) is 4.50. The number of carbonyl (C=O) groups is 1. The largest absolute Gasteiger partial charge is 0.454 e. The summed E-state index contributed by atoms with van der Waals surface area (Å²) in [4.78, 5) is 13.0. The van der Waals surface area contributed by atoms with Crippen LogP contribution in [0, 0.1) is 0 Å². The summed E-state index contributed by atoms with van der Waals surface area (Å²) >= 11 is 0. The van der Waals surface area contributed by atoms with Crippen molar-refractivity contribution in [2.24, 2.45) is 0 Å². The van der Waals surface area contributed by atoms with Crippen molar-refractivity contribution >= 4 is 17.5 Å². The van der Waals surface area contributed by atoms with Crippen LogP contribution in [0.4, 0.5) is 11.6 Å². The number of aromatic nitrogens is 1. The highest BCUT2D eigenvalue weighted by Crippen LogP contribution is 2.33. The van der Waals surface area contributed by atoms with Crippen molar-refractivity contribution in [1.29, 1.82) is 0 Å². The molecule has 0 bridgehead atoms. The average molecular weight is 421 g/mol. The van der Waals surface area contributed by atoms with Crippen LogP contribution in [-0.4, -0.2) is 17.9 Å². The summed E-state index contributed by atoms with van der Waals surface area (Å²) in [6, 6.07) is 13.6. The zero-order valence-corrected chi connectivity index (χ0v) is 18.2. The highest BCUT2D eigenvalue weighted by atomic mass is 16.7. The summed E-state index contributed by atoms with van der Waals surface area (Å²) in [7, 11) is 0. The van der Waals surface area contributed by atoms with E-state index in [2.05, 4.69) is 36.6 Å². The van der Waals surface area contributed by atoms with Gasteiger partial charge in [0.05, 0.1) is 5.69 Å². The molecule has 0 radical (unpaired) electrons. The van der Waals surface area contributed by atoms with Gasteiger partial charge in [0.15, 0.2) is 11.5 Å². The number of aryl methyl sites for hydroxylation is 1. The normalized spacial score (nSPS) is 12.6. The topological polar surface area (TPSA) is 85.6 Å². The highest BCUT2D eigenvalue weighted by Gasteiger charge is 2.23. The molecule has 162 valence electrons. The van der Waals surface area contributed by atoms with Crippen molar-refractivity contribution in [3.05, 3.63) is 64.8 Å². The van der Waals surface area contributed by atoms with Crippen LogP contribution >= 0.6 is 0 Å². The fourth-order valence-electron chi connectivity index (χ4n) is 3.40. The van der Waals surface area contributed by atoms with Gasteiger partial charge in [-0.15, -0.1) is 0 Å². The quantitative estimate of drug-likeness (QED) is 0.574. The molecule has 1 amide bonds. The lowest BCUT2D eigenvalue weighted by atomic mass is 9.87. The van der Waals surface area contributed by atoms with Gasteiger partial charge in [0.25, 0.3) is 5.91 Å². The van der Waals surface area contributed by atoms with Crippen LogP contribution < -0.4 is 20.1 Å². The Kier molecular flexibility index (Phi) is 5.59. The van der Waals surface area contributed by atoms with Crippen LogP contribution in [0.15, 0.2) is 47.0 Å². The summed E-state index contributed by atoms with van der Waals surface area (Å²) in [5.74, 6) is 1.53. The number of hydrogen-bond donors (Lipinski definition) is 2. The monoisotopic (exact) mass is 421 g/mol. The molecule has 2 N–H and O–H groups in total. The van der Waals surface area contributed by atoms with Gasteiger partial charge in [0, 0.05) is 12.2 Å². The molecule has 2 aromatic carbocycles. The van der Waals surface area contributed by atoms with Gasteiger partial charge in [0.2, 0.25) is 12.7 Å². The summed E-state index contributed by atoms with van der Waals surface area (Å²) < 4.78 is 16.2. The summed E-state index contributed by atoms with van der Waals surface area (Å²) in [6.45, 7) is 9.09. The average Bonchev–Trinajstić information content (AvgIpc) is 3.38. The number of anilines is 2. The molecule has 7 heteroatoms. The number of amides is 1. The maximum atomic E-state index is 13.0. The van der Waals surface area contributed by atoms with E-state index in [-0.39, 0.29) is 18.1 Å². The van der Waals surface area contributed by atoms with E-state index in [1.807, 2.05) is 49.4 Å². The van der Waals surface area contributed by atoms with Crippen molar-refractivity contribution in [3.8, 4) is 11.5 Å². The molecule has 0 saturated carbocycles. The van der Waals surface area contributed by atoms with Crippen molar-refractivity contribution in [2.75, 3.05) is 17.4 Å². The van der Waals surface area contributed by atoms with Crippen LogP contribution in [0.2, 0.25) is 0 Å². The van der Waals surface area contributed by atoms with E-state index < -0.39 is 0 Å². The minimum atomic E-state index is -0.255. The van der Waals surface area contributed by atoms with E-state index in [1.165, 1.54) is 5.56 Å². The maximum absolute atomic E-state index is 13.0. The first-order chi connectivity index (χ1) is 14.8. The van der Waals surface area contributed by atoms with E-state index >= 15 is 0 Å². The van der Waals surface area contributed by atoms with Crippen molar-refractivity contribution in [2.45, 2.75) is 46.1 Å². The molecule has 0 unspecified atom stereocenters. The zero-order valence-electron chi connectivity index (χ0n) is 18.2. The Bertz CT molecular complexity index is 1080. The number of benzene rings is 2. The van der Waals surface area contributed by atoms with Crippen LogP contribution in [0.5, 0.6) is 11.5 Å². The lowest BCUT2D eigenvalue weighted by molar-refractivity contribution is 0.102. The lowest BCUT2D eigenvalue weighted by Crippen LogP contribution is -2.16. The maximum Gasteiger partial charge on any atom is 0.263 e. The molecule has 31 heavy (non-hydrogen) atoms. The van der Waals surface area contributed by atoms with E-state index in [1.54, 1.807) is 0 Å². The Balaban J connectivity index is 1.49. The first-order valence-corrected chi connectivity index (χ1v) is 10.4. The molecule has 0 spiro atoms. The van der Waals surface area contributed by atoms with Gasteiger partial charge >= 0.3 is 0 Å². The first kappa shape index (κ1) is 20.8. The number of hydrogen-bond acceptors (Lipinski definition) is 6. The molecular formula is C24H27N3O4. The second-order valence-electron chi connectivity index (χ2n) is 8.51. The van der Waals surface area contributed by atoms with Crippen LogP contribution in [0.1, 0.15) is 54.9 Å². The first-order valence-electron chi connectivity index (χ1n) is 10.4. The molecule has 1 aliphatic rings. The van der Waals surface area contributed by atoms with E-state index in [0.29, 0.717) is 35.9 Å². The summed E-state index contributed by atoms with van der Waals surface area (Å²) in [5, 5.41) is 10.2. The van der Waals surface area contributed by atoms with Gasteiger partial charge in [-0.1, -0.05) is 51.1 Å². The molecule has 0 aliphatic carbocycles. The standard InChI is InChI=1S/C24H27N3O4/c1-5-18-21(22(28)26-17-9-7-16(8-10-17)24(2,3)4)23(31-27-18)25-13-15-6-11-19-20(12-15)30-14-29-19/h6-12,25H,5,13-14H2,1-4H3,(H,26,28). The Labute approximate surface area is 181 Å². The molecular weight excluding hydrogens is 394 g/mol. The summed E-state index contributed by atoms with van der Waals surface area (Å²) in [5.41, 5.74) is 3.99. The fourth-order valence-corrected chi connectivity index (χ4v) is 3.40. The van der Waals surface area contributed by atoms with Crippen LogP contribution in [0.25, 0.3) is 0 Å². The number of nitrogens with zero attached hydrogens (tertiary/aromatic N) is 1. The fraction of sp³-hybridized carbons (Fsp3) is 0.333. The Morgan fingerprint density at radius 2 is 1.81 bits per heavy atom. The molecule has 1 aromatic heterocycles. The summed E-state index contributed by atoms with van der Waals surface area (Å²) in [6.07, 6.45) is 0.584. The van der Waals surface area contributed by atoms with Crippen LogP contribution in [-0.2, 0) is 18.4 Å². The molecule has 1 aliphatic heterocycles. The SMILES string of the molecule is CCc1noc(NCc2ccc3c(c2)OCO3)c1C(=O)Nc1ccc(C(C)(C)C)cc1. The number of nitrogens with one attached hydrogen (secondary N) is 2. The van der Waals surface area contributed by atoms with Crippen molar-refractivity contribution in [3.63, 3.8) is 0 Å². The molecule has 3 aromatic rings. The molecule has 0 fully saturated rings. The molecule has 0 saturated heterocycles. The number of ether oxygens (including phenoxy) is 2. The predicted molar refractivity (Wildman–Crippen MR) is 119 cm³/mol. The van der Waals surface area contributed by atoms with E-state index in [0.717, 1.165) is 17.0 Å². The number of rotatable bonds is 6. The van der Waals surface area contributed by atoms with Gasteiger partial charge < -0.3 is 24.6 Å². The van der Waals surface area contributed by atoms with Gasteiger partial charge in [-0.2, -0.15) is 0 Å². The molecule has 0 atom stereocenters. The van der Waals surface area contributed by atoms with E-state index in [4.69, 9.17) is 14.0 Å². The third-order valence-electron chi connectivity index (χ3n) is 5.22. The molecule has 4 rings (SSSR count). The number of fused-ring (bicyclic) bond motifs is 1. The minimum Gasteiger partial charge on any atom is -0.454 e. The zero-order chi connectivity index (χ0) is 22.0. The predicted octanol–water partition coefficient (Wildman–Crippen LogP) is 5.13. The van der Waals surface area contributed by atoms with Gasteiger partial charge in [-0.3, -0.25) is 4.79 Å². The Hall–Kier alpha value is -3.48. The second-order valence-corrected chi connectivity index (χ2v) is 8.51. The third-order valence-corrected chi connectivity index (χ3v) is 5.22. The van der Waals surface area contributed by atoms with Crippen LogP contribution in [0.3, 0.4) is 0 Å². The smallest absolute Gasteiger partial charge is 0.263 e. The second kappa shape index (κ2) is 8.34. The van der Waals surface area contributed by atoms with Crippen molar-refractivity contribution in [1.82, 2.24) is 5.16 Å². The van der Waals surface area contributed by atoms with E-state index in [9.17, 15) is 4.79 Å². The van der Waals surface area contributed by atoms with Gasteiger partial charge in [0.1, 0.15) is 5.56 Å². The highest BCUT2D eigenvalue weighted by molar-refractivity contribution is 6.08. The number of carbonyl (C=O) groups excluding carboxylic acids is 1. The van der Waals surface area contributed by atoms with Gasteiger partial charge in [-0.25, -0.2) is 0 Å². The molecule has 2 heterocycles. The molecule has 7 nitrogen and oxygen atoms in total. The Morgan fingerprint density at radius 3 is 2.52 bits per heavy atom. The lowest BCUT2D eigenvalue weighted by Gasteiger charge is -2.19. The minimum absolute atomic E-state index is 0.0538. The van der Waals surface area contributed by atoms with Crippen molar-refractivity contribution < 1.29 is 18.8 Å². The van der Waals surface area contributed by atoms with Gasteiger partial charge in [-0.05, 0) is 47.2 Å². The Morgan fingerprint density at radius 1 is 1.06 bits per heavy atom.